The summed E-state index contributed by atoms with van der Waals surface area (Å²) in [5.74, 6) is -25.4. The average molecular weight is 440 g/mol. The van der Waals surface area contributed by atoms with Crippen LogP contribution in [0.5, 0.6) is 0 Å². The highest BCUT2D eigenvalue weighted by Crippen LogP contribution is 2.58. The smallest absolute Gasteiger partial charge is 0.390 e. The molecule has 0 rings (SSSR count). The number of hydrogen-bond acceptors (Lipinski definition) is 1. The largest absolute Gasteiger partial charge is 0.460 e. The van der Waals surface area contributed by atoms with Crippen molar-refractivity contribution in [3.63, 3.8) is 0 Å². The molecule has 0 aliphatic rings. The minimum atomic E-state index is -7.21. The molecule has 1 N–H and O–H groups in total. The third kappa shape index (κ3) is 5.02. The number of hydrogen-bond donors (Lipinski definition) is 1. The van der Waals surface area contributed by atoms with Crippen molar-refractivity contribution in [2.24, 2.45) is 5.41 Å². The van der Waals surface area contributed by atoms with Gasteiger partial charge in [0.2, 0.25) is 0 Å². The van der Waals surface area contributed by atoms with Gasteiger partial charge in [0, 0.05) is 5.41 Å². The zero-order valence-corrected chi connectivity index (χ0v) is 15.6. The van der Waals surface area contributed by atoms with Gasteiger partial charge in [-0.05, 0) is 32.6 Å². The maximum Gasteiger partial charge on any atom is 0.460 e. The van der Waals surface area contributed by atoms with E-state index in [1.807, 2.05) is 0 Å². The van der Waals surface area contributed by atoms with E-state index in [1.54, 1.807) is 0 Å². The molecule has 0 aromatic rings. The second-order valence-electron chi connectivity index (χ2n) is 7.50. The van der Waals surface area contributed by atoms with Gasteiger partial charge in [-0.3, -0.25) is 0 Å². The normalized spacial score (nSPS) is 19.3. The molecule has 0 amide bonds. The van der Waals surface area contributed by atoms with Crippen LogP contribution in [-0.2, 0) is 0 Å². The van der Waals surface area contributed by atoms with E-state index >= 15 is 0 Å². The van der Waals surface area contributed by atoms with Crippen LogP contribution >= 0.6 is 0 Å². The van der Waals surface area contributed by atoms with E-state index in [1.165, 1.54) is 13.8 Å². The highest BCUT2D eigenvalue weighted by Gasteiger charge is 2.82. The summed E-state index contributed by atoms with van der Waals surface area (Å²) in [5, 5.41) is 9.87. The van der Waals surface area contributed by atoms with Crippen LogP contribution in [-0.4, -0.2) is 40.6 Å². The van der Waals surface area contributed by atoms with Crippen molar-refractivity contribution >= 4 is 0 Å². The molecule has 12 heteroatoms. The third-order valence-electron chi connectivity index (χ3n) is 5.29. The molecule has 0 aromatic heterocycles. The van der Waals surface area contributed by atoms with Crippen molar-refractivity contribution in [1.29, 1.82) is 0 Å². The van der Waals surface area contributed by atoms with Gasteiger partial charge in [0.05, 0.1) is 12.0 Å². The molecule has 2 atom stereocenters. The molecule has 0 saturated carbocycles. The van der Waals surface area contributed by atoms with Crippen molar-refractivity contribution in [2.75, 3.05) is 0 Å². The van der Waals surface area contributed by atoms with E-state index in [4.69, 9.17) is 0 Å². The number of rotatable bonds is 10. The fourth-order valence-corrected chi connectivity index (χ4v) is 2.35. The monoisotopic (exact) mass is 440 g/mol. The van der Waals surface area contributed by atoms with Gasteiger partial charge in [-0.25, -0.2) is 8.78 Å². The lowest BCUT2D eigenvalue weighted by Gasteiger charge is -2.42. The molecular formula is C16H23F11O. The first kappa shape index (κ1) is 27.2. The second kappa shape index (κ2) is 7.79. The molecule has 0 aliphatic heterocycles. The van der Waals surface area contributed by atoms with Crippen LogP contribution in [0.1, 0.15) is 59.8 Å². The van der Waals surface area contributed by atoms with Gasteiger partial charge in [-0.15, -0.1) is 0 Å². The van der Waals surface area contributed by atoms with Crippen LogP contribution in [0.4, 0.5) is 48.3 Å². The summed E-state index contributed by atoms with van der Waals surface area (Å²) in [6, 6.07) is 0. The summed E-state index contributed by atoms with van der Waals surface area (Å²) >= 11 is 0. The average Bonchev–Trinajstić information content (AvgIpc) is 2.50. The summed E-state index contributed by atoms with van der Waals surface area (Å²) in [4.78, 5) is 0. The zero-order chi connectivity index (χ0) is 23.0. The standard InChI is InChI=1S/C16H23F11O/c1-5-10(3,7-8-11(4,28)6-2)12(17,18)9-13(19,20)14(21,22)15(23,24)16(25,26)27/h28H,5-9H2,1-4H3. The molecule has 0 saturated heterocycles. The van der Waals surface area contributed by atoms with Gasteiger partial charge in [0.25, 0.3) is 5.92 Å². The number of halogens is 11. The third-order valence-corrected chi connectivity index (χ3v) is 5.29. The van der Waals surface area contributed by atoms with Crippen molar-refractivity contribution < 1.29 is 53.4 Å². The highest BCUT2D eigenvalue weighted by atomic mass is 19.4. The maximum absolute atomic E-state index is 14.4. The van der Waals surface area contributed by atoms with Gasteiger partial charge >= 0.3 is 23.9 Å². The molecule has 0 heterocycles. The SMILES string of the molecule is CCC(C)(O)CCC(C)(CC)C(F)(F)CC(F)(F)C(F)(F)C(F)(F)C(F)(F)F. The predicted molar refractivity (Wildman–Crippen MR) is 79.0 cm³/mol. The van der Waals surface area contributed by atoms with Crippen LogP contribution in [0.25, 0.3) is 0 Å². The first-order valence-electron chi connectivity index (χ1n) is 8.34. The topological polar surface area (TPSA) is 20.2 Å². The van der Waals surface area contributed by atoms with Gasteiger partial charge in [0.1, 0.15) is 0 Å². The van der Waals surface area contributed by atoms with Gasteiger partial charge in [-0.1, -0.05) is 20.8 Å². The molecule has 2 unspecified atom stereocenters. The van der Waals surface area contributed by atoms with Crippen molar-refractivity contribution in [3.05, 3.63) is 0 Å². The Morgan fingerprint density at radius 1 is 0.607 bits per heavy atom. The van der Waals surface area contributed by atoms with E-state index < -0.39 is 60.1 Å². The fraction of sp³-hybridized carbons (Fsp3) is 1.00. The van der Waals surface area contributed by atoms with E-state index in [-0.39, 0.29) is 12.8 Å². The molecule has 0 bridgehead atoms. The van der Waals surface area contributed by atoms with Crippen LogP contribution in [0.15, 0.2) is 0 Å². The Labute approximate surface area is 155 Å². The van der Waals surface area contributed by atoms with Gasteiger partial charge < -0.3 is 5.11 Å². The number of alkyl halides is 11. The Kier molecular flexibility index (Phi) is 7.56. The van der Waals surface area contributed by atoms with E-state index in [9.17, 15) is 53.4 Å². The lowest BCUT2D eigenvalue weighted by atomic mass is 9.72. The fourth-order valence-electron chi connectivity index (χ4n) is 2.35. The molecule has 1 nitrogen and oxygen atoms in total. The molecule has 170 valence electrons. The van der Waals surface area contributed by atoms with Crippen LogP contribution in [0, 0.1) is 5.41 Å². The lowest BCUT2D eigenvalue weighted by molar-refractivity contribution is -0.402. The van der Waals surface area contributed by atoms with Crippen molar-refractivity contribution in [2.45, 2.75) is 95.3 Å². The summed E-state index contributed by atoms with van der Waals surface area (Å²) in [7, 11) is 0. The van der Waals surface area contributed by atoms with Gasteiger partial charge in [-0.2, -0.15) is 39.5 Å². The highest BCUT2D eigenvalue weighted by molar-refractivity contribution is 5.04. The molecule has 0 aliphatic carbocycles. The minimum Gasteiger partial charge on any atom is -0.390 e. The zero-order valence-electron chi connectivity index (χ0n) is 15.6. The van der Waals surface area contributed by atoms with E-state index in [2.05, 4.69) is 0 Å². The molecule has 28 heavy (non-hydrogen) atoms. The minimum absolute atomic E-state index is 0.0877. The molecule has 0 aromatic carbocycles. The Morgan fingerprint density at radius 2 is 1.04 bits per heavy atom. The van der Waals surface area contributed by atoms with Crippen LogP contribution in [0.3, 0.4) is 0 Å². The molecule has 0 spiro atoms. The van der Waals surface area contributed by atoms with Gasteiger partial charge in [0.15, 0.2) is 0 Å². The van der Waals surface area contributed by atoms with E-state index in [0.717, 1.165) is 13.8 Å². The van der Waals surface area contributed by atoms with Crippen LogP contribution in [0.2, 0.25) is 0 Å². The summed E-state index contributed by atoms with van der Waals surface area (Å²) in [5.41, 5.74) is -3.94. The van der Waals surface area contributed by atoms with Crippen LogP contribution < -0.4 is 0 Å². The Bertz CT molecular complexity index is 525. The quantitative estimate of drug-likeness (QED) is 0.369. The van der Waals surface area contributed by atoms with E-state index in [0.29, 0.717) is 0 Å². The van der Waals surface area contributed by atoms with Crippen molar-refractivity contribution in [3.8, 4) is 0 Å². The molecule has 0 fully saturated rings. The lowest BCUT2D eigenvalue weighted by Crippen LogP contribution is -2.62. The summed E-state index contributed by atoms with van der Waals surface area (Å²) in [6.45, 7) is 4.56. The maximum atomic E-state index is 14.4. The van der Waals surface area contributed by atoms with Crippen molar-refractivity contribution in [1.82, 2.24) is 0 Å². The Balaban J connectivity index is 5.85. The molecule has 0 radical (unpaired) electrons. The number of aliphatic hydroxyl groups is 1. The second-order valence-corrected chi connectivity index (χ2v) is 7.50. The molecular weight excluding hydrogens is 417 g/mol. The predicted octanol–water partition coefficient (Wildman–Crippen LogP) is 6.84. The first-order chi connectivity index (χ1) is 12.0. The summed E-state index contributed by atoms with van der Waals surface area (Å²) < 4.78 is 145. The Morgan fingerprint density at radius 3 is 1.36 bits per heavy atom. The first-order valence-corrected chi connectivity index (χ1v) is 8.34. The summed E-state index contributed by atoms with van der Waals surface area (Å²) in [6.07, 6.45) is -11.8. The Hall–Kier alpha value is -0.810.